The van der Waals surface area contributed by atoms with Crippen LogP contribution in [-0.4, -0.2) is 29.9 Å². The highest BCUT2D eigenvalue weighted by atomic mass is 16.5. The zero-order valence-corrected chi connectivity index (χ0v) is 20.0. The third-order valence-corrected chi connectivity index (χ3v) is 9.93. The van der Waals surface area contributed by atoms with Gasteiger partial charge in [0.1, 0.15) is 18.0 Å². The minimum atomic E-state index is -0.254. The van der Waals surface area contributed by atoms with Gasteiger partial charge in [0.15, 0.2) is 0 Å². The largest absolute Gasteiger partial charge is 0.463 e. The Hall–Kier alpha value is -2.17. The molecule has 178 valence electrons. The molecule has 1 aromatic carbocycles. The lowest BCUT2D eigenvalue weighted by molar-refractivity contribution is -0.168. The summed E-state index contributed by atoms with van der Waals surface area (Å²) in [7, 11) is 0. The molecule has 0 spiro atoms. The zero-order chi connectivity index (χ0) is 23.4. The number of hydrogen-bond donors (Lipinski definition) is 0. The van der Waals surface area contributed by atoms with Crippen molar-refractivity contribution < 1.29 is 23.9 Å². The Morgan fingerprint density at radius 2 is 1.61 bits per heavy atom. The maximum Gasteiger partial charge on any atom is 0.338 e. The first kappa shape index (κ1) is 22.6. The van der Waals surface area contributed by atoms with Gasteiger partial charge in [0.2, 0.25) is 0 Å². The molecule has 4 aliphatic carbocycles. The van der Waals surface area contributed by atoms with Crippen LogP contribution in [0.4, 0.5) is 0 Å². The summed E-state index contributed by atoms with van der Waals surface area (Å²) in [5, 5.41) is 0. The molecule has 4 aliphatic rings. The van der Waals surface area contributed by atoms with Crippen LogP contribution in [0.2, 0.25) is 0 Å². The average Bonchev–Trinajstić information content (AvgIpc) is 3.11. The molecular weight excluding hydrogens is 416 g/mol. The summed E-state index contributed by atoms with van der Waals surface area (Å²) in [6.07, 6.45) is 6.92. The van der Waals surface area contributed by atoms with E-state index in [0.717, 1.165) is 44.9 Å². The van der Waals surface area contributed by atoms with Crippen LogP contribution in [0.15, 0.2) is 30.3 Å². The molecule has 5 rings (SSSR count). The topological polar surface area (TPSA) is 69.7 Å². The number of carbonyl (C=O) groups excluding carboxylic acids is 3. The van der Waals surface area contributed by atoms with Crippen molar-refractivity contribution in [3.63, 3.8) is 0 Å². The van der Waals surface area contributed by atoms with Crippen LogP contribution >= 0.6 is 0 Å². The lowest BCUT2D eigenvalue weighted by Gasteiger charge is -2.59. The molecule has 0 amide bonds. The maximum absolute atomic E-state index is 13.6. The molecule has 0 unspecified atom stereocenters. The fourth-order valence-corrected chi connectivity index (χ4v) is 8.15. The highest BCUT2D eigenvalue weighted by molar-refractivity contribution is 5.89. The highest BCUT2D eigenvalue weighted by Gasteiger charge is 2.63. The number of esters is 2. The van der Waals surface area contributed by atoms with E-state index in [1.165, 1.54) is 6.92 Å². The molecule has 0 saturated heterocycles. The van der Waals surface area contributed by atoms with Crippen molar-refractivity contribution in [3.8, 4) is 0 Å². The molecule has 5 heteroatoms. The van der Waals surface area contributed by atoms with Crippen LogP contribution < -0.4 is 0 Å². The minimum Gasteiger partial charge on any atom is -0.463 e. The average molecular weight is 453 g/mol. The Morgan fingerprint density at radius 1 is 0.909 bits per heavy atom. The summed E-state index contributed by atoms with van der Waals surface area (Å²) in [4.78, 5) is 37.8. The molecule has 8 atom stereocenters. The van der Waals surface area contributed by atoms with E-state index in [9.17, 15) is 14.4 Å². The summed E-state index contributed by atoms with van der Waals surface area (Å²) < 4.78 is 11.6. The lowest BCUT2D eigenvalue weighted by atomic mass is 9.45. The number of Topliss-reactive ketones (excluding diaryl/α,β-unsaturated/α-hetero) is 1. The van der Waals surface area contributed by atoms with Crippen molar-refractivity contribution in [2.75, 3.05) is 0 Å². The zero-order valence-electron chi connectivity index (χ0n) is 20.0. The van der Waals surface area contributed by atoms with E-state index in [4.69, 9.17) is 9.47 Å². The molecule has 0 aliphatic heterocycles. The Bertz CT molecular complexity index is 941. The van der Waals surface area contributed by atoms with Crippen molar-refractivity contribution in [1.29, 1.82) is 0 Å². The second-order valence-corrected chi connectivity index (χ2v) is 11.5. The lowest BCUT2D eigenvalue weighted by Crippen LogP contribution is -2.58. The molecule has 0 N–H and O–H groups in total. The quantitative estimate of drug-likeness (QED) is 0.577. The van der Waals surface area contributed by atoms with Gasteiger partial charge in [-0.15, -0.1) is 0 Å². The van der Waals surface area contributed by atoms with Crippen molar-refractivity contribution in [3.05, 3.63) is 35.9 Å². The van der Waals surface area contributed by atoms with Gasteiger partial charge in [-0.3, -0.25) is 9.59 Å². The Balaban J connectivity index is 1.34. The second-order valence-electron chi connectivity index (χ2n) is 11.5. The molecule has 0 radical (unpaired) electrons. The Labute approximate surface area is 196 Å². The van der Waals surface area contributed by atoms with E-state index in [0.29, 0.717) is 29.6 Å². The first-order valence-electron chi connectivity index (χ1n) is 12.7. The van der Waals surface area contributed by atoms with E-state index in [1.54, 1.807) is 12.1 Å². The van der Waals surface area contributed by atoms with Crippen molar-refractivity contribution >= 4 is 17.7 Å². The van der Waals surface area contributed by atoms with E-state index in [2.05, 4.69) is 13.8 Å². The first-order valence-corrected chi connectivity index (χ1v) is 12.7. The van der Waals surface area contributed by atoms with Gasteiger partial charge in [-0.05, 0) is 80.2 Å². The SMILES string of the molecule is CC(=O)O[C@@H]1CC[C@@]2(C)[C@@H](CC(=O)[C@@H]3[C@@H]2CC[C@]2(C)[C@@H](OC(=O)c4ccccc4)CC[C@@H]32)C1. The number of fused-ring (bicyclic) bond motifs is 5. The smallest absolute Gasteiger partial charge is 0.338 e. The van der Waals surface area contributed by atoms with Crippen LogP contribution in [0.1, 0.15) is 82.5 Å². The van der Waals surface area contributed by atoms with Crippen LogP contribution in [0, 0.1) is 34.5 Å². The molecule has 0 heterocycles. The Kier molecular flexibility index (Phi) is 5.65. The van der Waals surface area contributed by atoms with Gasteiger partial charge in [0, 0.05) is 24.7 Å². The number of carbonyl (C=O) groups is 3. The van der Waals surface area contributed by atoms with Gasteiger partial charge >= 0.3 is 11.9 Å². The normalized spacial score (nSPS) is 42.0. The van der Waals surface area contributed by atoms with Gasteiger partial charge < -0.3 is 9.47 Å². The van der Waals surface area contributed by atoms with Crippen LogP contribution in [-0.2, 0) is 19.1 Å². The fraction of sp³-hybridized carbons (Fsp3) is 0.679. The molecule has 5 nitrogen and oxygen atoms in total. The van der Waals surface area contributed by atoms with Gasteiger partial charge in [-0.2, -0.15) is 0 Å². The molecule has 0 bridgehead atoms. The van der Waals surface area contributed by atoms with Crippen LogP contribution in [0.3, 0.4) is 0 Å². The molecule has 0 aromatic heterocycles. The predicted octanol–water partition coefficient (Wildman–Crippen LogP) is 5.37. The predicted molar refractivity (Wildman–Crippen MR) is 123 cm³/mol. The first-order chi connectivity index (χ1) is 15.7. The summed E-state index contributed by atoms with van der Waals surface area (Å²) >= 11 is 0. The van der Waals surface area contributed by atoms with Crippen LogP contribution in [0.25, 0.3) is 0 Å². The number of benzene rings is 1. The summed E-state index contributed by atoms with van der Waals surface area (Å²) in [6.45, 7) is 6.11. The van der Waals surface area contributed by atoms with Crippen LogP contribution in [0.5, 0.6) is 0 Å². The summed E-state index contributed by atoms with van der Waals surface area (Å²) in [5.74, 6) is 0.925. The second kappa shape index (κ2) is 8.25. The minimum absolute atomic E-state index is 0.0490. The van der Waals surface area contributed by atoms with Gasteiger partial charge in [-0.1, -0.05) is 32.0 Å². The third-order valence-electron chi connectivity index (χ3n) is 9.93. The molecule has 1 aromatic rings. The van der Waals surface area contributed by atoms with Crippen molar-refractivity contribution in [2.45, 2.75) is 84.3 Å². The fourth-order valence-electron chi connectivity index (χ4n) is 8.15. The highest BCUT2D eigenvalue weighted by Crippen LogP contribution is 2.65. The molecule has 4 saturated carbocycles. The van der Waals surface area contributed by atoms with E-state index in [1.807, 2.05) is 18.2 Å². The van der Waals surface area contributed by atoms with Crippen molar-refractivity contribution in [1.82, 2.24) is 0 Å². The van der Waals surface area contributed by atoms with Gasteiger partial charge in [0.05, 0.1) is 5.56 Å². The molecule has 33 heavy (non-hydrogen) atoms. The molecular formula is C28H36O5. The Morgan fingerprint density at radius 3 is 2.33 bits per heavy atom. The van der Waals surface area contributed by atoms with E-state index in [-0.39, 0.29) is 46.8 Å². The number of hydrogen-bond acceptors (Lipinski definition) is 5. The summed E-state index contributed by atoms with van der Waals surface area (Å²) in [6, 6.07) is 9.20. The van der Waals surface area contributed by atoms with E-state index < -0.39 is 0 Å². The van der Waals surface area contributed by atoms with E-state index >= 15 is 0 Å². The maximum atomic E-state index is 13.6. The van der Waals surface area contributed by atoms with Crippen molar-refractivity contribution in [2.24, 2.45) is 34.5 Å². The monoisotopic (exact) mass is 452 g/mol. The number of ketones is 1. The number of ether oxygens (including phenoxy) is 2. The van der Waals surface area contributed by atoms with Gasteiger partial charge in [0.25, 0.3) is 0 Å². The number of rotatable bonds is 3. The third kappa shape index (κ3) is 3.72. The summed E-state index contributed by atoms with van der Waals surface area (Å²) in [5.41, 5.74) is 0.571. The molecule has 4 fully saturated rings. The standard InChI is InChI=1S/C28H36O5/c1-17(29)32-20-11-13-27(2)19(15-20)16-23(30)25-21-9-10-24(28(21,3)14-12-22(25)27)33-26(31)18-7-5-4-6-8-18/h4-8,19-22,24-25H,9-16H2,1-3H3/t19-,20-,21+,22+,24+,25+,27+,28+/m1/s1. The van der Waals surface area contributed by atoms with Gasteiger partial charge in [-0.25, -0.2) is 4.79 Å².